The van der Waals surface area contributed by atoms with Crippen LogP contribution in [0.4, 0.5) is 0 Å². The van der Waals surface area contributed by atoms with Crippen LogP contribution in [0.2, 0.25) is 0 Å². The molecule has 4 heterocycles. The molecule has 5 heteroatoms. The fraction of sp³-hybridized carbons (Fsp3) is 0.114. The van der Waals surface area contributed by atoms with Gasteiger partial charge >= 0.3 is 20.1 Å². The maximum Gasteiger partial charge on any atom is 3.00 e. The number of aryl methyl sites for hydroxylation is 1. The second-order valence-corrected chi connectivity index (χ2v) is 11.9. The van der Waals surface area contributed by atoms with Crippen LogP contribution in [0.3, 0.4) is 0 Å². The molecule has 0 bridgehead atoms. The molecule has 4 nitrogen and oxygen atoms in total. The standard InChI is InChI=1S/C22H21N2.2C11H8N.Ir/c1-15(2)14-24-21-7-5-4-6-18(21)19-10-9-17(12-22(19)24)20-11-8-16(3)13-23-20;2*1-2-6-10(7-3-1)11-8-4-5-9-12-11;/h4-8,10-13,15H,14H2,1-3H3;2*1-6,8-9H;/q3*-1;+3. The molecule has 0 fully saturated rings. The van der Waals surface area contributed by atoms with E-state index in [0.717, 1.165) is 40.3 Å². The zero-order valence-corrected chi connectivity index (χ0v) is 30.2. The van der Waals surface area contributed by atoms with E-state index >= 15 is 0 Å². The second-order valence-electron chi connectivity index (χ2n) is 11.9. The molecule has 0 atom stereocenters. The molecule has 0 radical (unpaired) electrons. The van der Waals surface area contributed by atoms with Crippen molar-refractivity contribution in [1.82, 2.24) is 19.5 Å². The van der Waals surface area contributed by atoms with Gasteiger partial charge in [0.25, 0.3) is 0 Å². The first-order valence-corrected chi connectivity index (χ1v) is 16.2. The number of benzene rings is 4. The molecule has 8 aromatic rings. The van der Waals surface area contributed by atoms with Crippen LogP contribution in [0.1, 0.15) is 19.4 Å². The van der Waals surface area contributed by atoms with Crippen molar-refractivity contribution in [3.05, 3.63) is 176 Å². The van der Waals surface area contributed by atoms with Crippen molar-refractivity contribution in [1.29, 1.82) is 0 Å². The van der Waals surface area contributed by atoms with Crippen molar-refractivity contribution in [2.45, 2.75) is 27.3 Å². The molecule has 8 rings (SSSR count). The molecule has 0 spiro atoms. The van der Waals surface area contributed by atoms with Crippen LogP contribution in [-0.2, 0) is 26.7 Å². The van der Waals surface area contributed by atoms with Crippen molar-refractivity contribution < 1.29 is 20.1 Å². The van der Waals surface area contributed by atoms with Crippen LogP contribution in [0, 0.1) is 31.0 Å². The molecular weight excluding hydrogens is 777 g/mol. The van der Waals surface area contributed by atoms with Crippen molar-refractivity contribution in [3.8, 4) is 33.8 Å². The summed E-state index contributed by atoms with van der Waals surface area (Å²) in [7, 11) is 0. The van der Waals surface area contributed by atoms with Crippen LogP contribution in [-0.4, -0.2) is 19.5 Å². The van der Waals surface area contributed by atoms with Crippen molar-refractivity contribution in [2.24, 2.45) is 5.92 Å². The number of aromatic nitrogens is 4. The number of para-hydroxylation sites is 1. The Morgan fingerprint density at radius 3 is 1.69 bits per heavy atom. The minimum atomic E-state index is 0. The fourth-order valence-electron chi connectivity index (χ4n) is 5.47. The number of hydrogen-bond acceptors (Lipinski definition) is 3. The van der Waals surface area contributed by atoms with Crippen LogP contribution in [0.15, 0.2) is 152 Å². The second kappa shape index (κ2) is 17.3. The molecular formula is C44H37IrN4. The Kier molecular flexibility index (Phi) is 12.4. The summed E-state index contributed by atoms with van der Waals surface area (Å²) in [6.45, 7) is 7.59. The summed E-state index contributed by atoms with van der Waals surface area (Å²) in [5.74, 6) is 0.592. The molecule has 0 aliphatic rings. The van der Waals surface area contributed by atoms with Gasteiger partial charge in [-0.15, -0.1) is 95.6 Å². The van der Waals surface area contributed by atoms with Crippen LogP contribution >= 0.6 is 0 Å². The molecule has 0 aliphatic carbocycles. The summed E-state index contributed by atoms with van der Waals surface area (Å²) in [5, 5.41) is 2.56. The monoisotopic (exact) mass is 814 g/mol. The zero-order chi connectivity index (χ0) is 33.1. The topological polar surface area (TPSA) is 43.6 Å². The number of hydrogen-bond donors (Lipinski definition) is 0. The van der Waals surface area contributed by atoms with Gasteiger partial charge in [0.05, 0.1) is 0 Å². The van der Waals surface area contributed by atoms with E-state index in [9.17, 15) is 0 Å². The number of rotatable bonds is 5. The van der Waals surface area contributed by atoms with Crippen LogP contribution in [0.25, 0.3) is 55.6 Å². The van der Waals surface area contributed by atoms with E-state index in [1.165, 1.54) is 27.4 Å². The summed E-state index contributed by atoms with van der Waals surface area (Å²) in [4.78, 5) is 13.0. The smallest absolute Gasteiger partial charge is 0.358 e. The van der Waals surface area contributed by atoms with Gasteiger partial charge in [-0.1, -0.05) is 73.8 Å². The predicted octanol–water partition coefficient (Wildman–Crippen LogP) is 10.7. The van der Waals surface area contributed by atoms with Gasteiger partial charge in [-0.2, -0.15) is 0 Å². The zero-order valence-electron chi connectivity index (χ0n) is 27.8. The maximum atomic E-state index is 4.56. The predicted molar refractivity (Wildman–Crippen MR) is 198 cm³/mol. The van der Waals surface area contributed by atoms with E-state index in [0.29, 0.717) is 5.92 Å². The molecule has 0 saturated heterocycles. The van der Waals surface area contributed by atoms with Crippen molar-refractivity contribution in [2.75, 3.05) is 0 Å². The Morgan fingerprint density at radius 2 is 1.16 bits per heavy atom. The summed E-state index contributed by atoms with van der Waals surface area (Å²) in [6, 6.07) is 54.2. The van der Waals surface area contributed by atoms with Gasteiger partial charge in [0.15, 0.2) is 0 Å². The van der Waals surface area contributed by atoms with E-state index in [1.54, 1.807) is 12.4 Å². The number of nitrogens with zero attached hydrogens (tertiary/aromatic N) is 4. The Bertz CT molecular complexity index is 2010. The summed E-state index contributed by atoms with van der Waals surface area (Å²) >= 11 is 0. The van der Waals surface area contributed by atoms with Gasteiger partial charge in [-0.25, -0.2) is 0 Å². The maximum absolute atomic E-state index is 4.56. The van der Waals surface area contributed by atoms with E-state index in [2.05, 4.69) is 107 Å². The molecule has 49 heavy (non-hydrogen) atoms. The average Bonchev–Trinajstić information content (AvgIpc) is 3.46. The summed E-state index contributed by atoms with van der Waals surface area (Å²) in [6.07, 6.45) is 5.49. The molecule has 0 unspecified atom stereocenters. The minimum absolute atomic E-state index is 0. The molecule has 0 N–H and O–H groups in total. The van der Waals surface area contributed by atoms with Gasteiger partial charge in [0.1, 0.15) is 0 Å². The van der Waals surface area contributed by atoms with Crippen LogP contribution in [0.5, 0.6) is 0 Å². The summed E-state index contributed by atoms with van der Waals surface area (Å²) in [5.41, 5.74) is 9.78. The van der Waals surface area contributed by atoms with Crippen molar-refractivity contribution >= 4 is 21.8 Å². The first kappa shape index (κ1) is 35.1. The number of fused-ring (bicyclic) bond motifs is 3. The first-order chi connectivity index (χ1) is 23.6. The van der Waals surface area contributed by atoms with E-state index < -0.39 is 0 Å². The Balaban J connectivity index is 0.000000157. The molecule has 0 amide bonds. The largest absolute Gasteiger partial charge is 3.00 e. The number of pyridine rings is 3. The normalized spacial score (nSPS) is 10.4. The van der Waals surface area contributed by atoms with Gasteiger partial charge in [-0.05, 0) is 64.6 Å². The van der Waals surface area contributed by atoms with Crippen molar-refractivity contribution in [3.63, 3.8) is 0 Å². The van der Waals surface area contributed by atoms with Gasteiger partial charge in [0.2, 0.25) is 0 Å². The third-order valence-electron chi connectivity index (χ3n) is 7.74. The third-order valence-corrected chi connectivity index (χ3v) is 7.74. The van der Waals surface area contributed by atoms with Gasteiger partial charge in [-0.3, -0.25) is 0 Å². The summed E-state index contributed by atoms with van der Waals surface area (Å²) < 4.78 is 2.43. The molecule has 242 valence electrons. The van der Waals surface area contributed by atoms with Gasteiger partial charge in [0, 0.05) is 30.7 Å². The van der Waals surface area contributed by atoms with Crippen LogP contribution < -0.4 is 0 Å². The average molecular weight is 814 g/mol. The Labute approximate surface area is 302 Å². The molecule has 0 aliphatic heterocycles. The molecule has 0 saturated carbocycles. The Hall–Kier alpha value is -5.22. The minimum Gasteiger partial charge on any atom is -0.358 e. The quantitative estimate of drug-likeness (QED) is 0.163. The SMILES string of the molecule is Cc1ccc(-c2[c-]cc3c4ccccc4n(CC(C)C)c3c2)nc1.[Ir+3].[c-]1ccccc1-c1ccccn1.[c-]1ccccc1-c1ccccn1. The molecule has 4 aromatic carbocycles. The van der Waals surface area contributed by atoms with Gasteiger partial charge < -0.3 is 19.5 Å². The first-order valence-electron chi connectivity index (χ1n) is 16.2. The van der Waals surface area contributed by atoms with E-state index in [4.69, 9.17) is 0 Å². The fourth-order valence-corrected chi connectivity index (χ4v) is 5.47. The third kappa shape index (κ3) is 9.03. The van der Waals surface area contributed by atoms with E-state index in [1.807, 2.05) is 91.1 Å². The van der Waals surface area contributed by atoms with E-state index in [-0.39, 0.29) is 20.1 Å². The Morgan fingerprint density at radius 1 is 0.571 bits per heavy atom. The molecule has 4 aromatic heterocycles.